The van der Waals surface area contributed by atoms with Crippen LogP contribution in [0.3, 0.4) is 0 Å². The molecular formula is C8H4Cl5. The third-order valence-electron chi connectivity index (χ3n) is 1.48. The summed E-state index contributed by atoms with van der Waals surface area (Å²) in [6.45, 7) is 0. The Labute approximate surface area is 102 Å². The van der Waals surface area contributed by atoms with Gasteiger partial charge in [0.2, 0.25) is 0 Å². The Morgan fingerprint density at radius 3 is 1.46 bits per heavy atom. The van der Waals surface area contributed by atoms with Gasteiger partial charge < -0.3 is 0 Å². The van der Waals surface area contributed by atoms with Gasteiger partial charge >= 0.3 is 0 Å². The molecule has 0 saturated heterocycles. The van der Waals surface area contributed by atoms with Gasteiger partial charge in [-0.3, -0.25) is 0 Å². The molecule has 0 unspecified atom stereocenters. The van der Waals surface area contributed by atoms with Gasteiger partial charge in [0.15, 0.2) is 0 Å². The second kappa shape index (κ2) is 4.95. The fourth-order valence-electron chi connectivity index (χ4n) is 0.837. The van der Waals surface area contributed by atoms with E-state index in [0.29, 0.717) is 21.2 Å². The van der Waals surface area contributed by atoms with Crippen LogP contribution in [0.4, 0.5) is 0 Å². The van der Waals surface area contributed by atoms with Gasteiger partial charge in [-0.25, -0.2) is 0 Å². The Hall–Kier alpha value is 0.670. The molecular weight excluding hydrogens is 273 g/mol. The van der Waals surface area contributed by atoms with E-state index in [1.807, 2.05) is 0 Å². The maximum absolute atomic E-state index is 5.85. The monoisotopic (exact) mass is 275 g/mol. The van der Waals surface area contributed by atoms with Crippen molar-refractivity contribution in [2.75, 3.05) is 0 Å². The summed E-state index contributed by atoms with van der Waals surface area (Å²) < 4.78 is 0. The molecule has 0 aromatic heterocycles. The Bertz CT molecular complexity index is 293. The summed E-state index contributed by atoms with van der Waals surface area (Å²) in [6, 6.07) is 2.91. The van der Waals surface area contributed by atoms with Crippen LogP contribution in [0.25, 0.3) is 0 Å². The molecule has 5 heteroatoms. The molecule has 1 rings (SSSR count). The van der Waals surface area contributed by atoms with E-state index in [4.69, 9.17) is 58.0 Å². The van der Waals surface area contributed by atoms with Gasteiger partial charge in [-0.1, -0.05) is 34.8 Å². The molecule has 0 atom stereocenters. The van der Waals surface area contributed by atoms with Gasteiger partial charge in [0, 0.05) is 11.8 Å². The lowest BCUT2D eigenvalue weighted by molar-refractivity contribution is 1.31. The highest BCUT2D eigenvalue weighted by Crippen LogP contribution is 2.36. The van der Waals surface area contributed by atoms with Crippen molar-refractivity contribution in [3.63, 3.8) is 0 Å². The van der Waals surface area contributed by atoms with Crippen LogP contribution in [0.1, 0.15) is 11.1 Å². The fraction of sp³-hybridized carbons (Fsp3) is 0.250. The van der Waals surface area contributed by atoms with E-state index in [1.165, 1.54) is 0 Å². The quantitative estimate of drug-likeness (QED) is 0.531. The second-order valence-electron chi connectivity index (χ2n) is 2.29. The maximum Gasteiger partial charge on any atom is 0.0785 e. The van der Waals surface area contributed by atoms with Gasteiger partial charge in [-0.05, 0) is 17.2 Å². The van der Waals surface area contributed by atoms with Gasteiger partial charge in [0.1, 0.15) is 0 Å². The van der Waals surface area contributed by atoms with Crippen molar-refractivity contribution >= 4 is 58.0 Å². The minimum Gasteiger partial charge on any atom is -0.121 e. The van der Waals surface area contributed by atoms with Crippen LogP contribution < -0.4 is 0 Å². The molecule has 1 aromatic carbocycles. The molecule has 0 saturated carbocycles. The van der Waals surface area contributed by atoms with Crippen molar-refractivity contribution in [1.29, 1.82) is 0 Å². The molecule has 0 spiro atoms. The lowest BCUT2D eigenvalue weighted by atomic mass is 10.1. The first-order valence-electron chi connectivity index (χ1n) is 3.31. The molecule has 0 aliphatic rings. The molecule has 0 aliphatic heterocycles. The van der Waals surface area contributed by atoms with Crippen LogP contribution >= 0.6 is 58.0 Å². The van der Waals surface area contributed by atoms with Crippen molar-refractivity contribution in [2.24, 2.45) is 0 Å². The number of rotatable bonds is 2. The van der Waals surface area contributed by atoms with Crippen molar-refractivity contribution in [3.8, 4) is 0 Å². The molecule has 0 heterocycles. The molecule has 1 aromatic rings. The van der Waals surface area contributed by atoms with Crippen LogP contribution in [0.2, 0.25) is 15.1 Å². The Kier molecular flexibility index (Phi) is 4.47. The lowest BCUT2D eigenvalue weighted by Crippen LogP contribution is -1.89. The molecule has 71 valence electrons. The van der Waals surface area contributed by atoms with Crippen molar-refractivity contribution in [2.45, 2.75) is 11.8 Å². The fourth-order valence-corrected chi connectivity index (χ4v) is 2.07. The zero-order valence-corrected chi connectivity index (χ0v) is 10.1. The first-order valence-corrected chi connectivity index (χ1v) is 5.51. The van der Waals surface area contributed by atoms with Crippen LogP contribution in [0, 0.1) is 6.07 Å². The van der Waals surface area contributed by atoms with E-state index in [0.717, 1.165) is 0 Å². The highest BCUT2D eigenvalue weighted by molar-refractivity contribution is 6.49. The van der Waals surface area contributed by atoms with Gasteiger partial charge in [0.25, 0.3) is 0 Å². The van der Waals surface area contributed by atoms with E-state index in [-0.39, 0.29) is 16.8 Å². The number of halogens is 5. The predicted octanol–water partition coefficient (Wildman–Crippen LogP) is 4.92. The Morgan fingerprint density at radius 2 is 1.15 bits per heavy atom. The third-order valence-corrected chi connectivity index (χ3v) is 3.42. The summed E-state index contributed by atoms with van der Waals surface area (Å²) in [6.07, 6.45) is 0. The SMILES string of the molecule is ClCc1[c]c(CCl)c(Cl)c(Cl)c1Cl. The van der Waals surface area contributed by atoms with Gasteiger partial charge in [-0.2, -0.15) is 0 Å². The smallest absolute Gasteiger partial charge is 0.0785 e. The minimum absolute atomic E-state index is 0.236. The molecule has 13 heavy (non-hydrogen) atoms. The summed E-state index contributed by atoms with van der Waals surface area (Å²) >= 11 is 28.8. The lowest BCUT2D eigenvalue weighted by Gasteiger charge is -2.07. The third kappa shape index (κ3) is 2.37. The van der Waals surface area contributed by atoms with E-state index < -0.39 is 0 Å². The van der Waals surface area contributed by atoms with Crippen LogP contribution in [-0.2, 0) is 11.8 Å². The van der Waals surface area contributed by atoms with Crippen molar-refractivity contribution < 1.29 is 0 Å². The molecule has 0 aliphatic carbocycles. The number of alkyl halides is 2. The summed E-state index contributed by atoms with van der Waals surface area (Å²) in [4.78, 5) is 0. The summed E-state index contributed by atoms with van der Waals surface area (Å²) in [5.41, 5.74) is 1.24. The van der Waals surface area contributed by atoms with E-state index >= 15 is 0 Å². The van der Waals surface area contributed by atoms with E-state index in [1.54, 1.807) is 0 Å². The van der Waals surface area contributed by atoms with Gasteiger partial charge in [-0.15, -0.1) is 23.2 Å². The number of benzene rings is 1. The molecule has 0 amide bonds. The second-order valence-corrected chi connectivity index (χ2v) is 3.96. The van der Waals surface area contributed by atoms with E-state index in [9.17, 15) is 0 Å². The van der Waals surface area contributed by atoms with E-state index in [2.05, 4.69) is 6.07 Å². The summed E-state index contributed by atoms with van der Waals surface area (Å²) in [5, 5.41) is 0.972. The zero-order valence-electron chi connectivity index (χ0n) is 6.30. The largest absolute Gasteiger partial charge is 0.121 e. The topological polar surface area (TPSA) is 0 Å². The standard InChI is InChI=1S/C8H4Cl5/c9-2-4-1-5(3-10)7(12)8(13)6(4)11/h2-3H2. The Balaban J connectivity index is 3.36. The average molecular weight is 277 g/mol. The minimum atomic E-state index is 0.236. The molecule has 1 radical (unpaired) electrons. The first kappa shape index (κ1) is 11.7. The van der Waals surface area contributed by atoms with Crippen molar-refractivity contribution in [3.05, 3.63) is 32.3 Å². The maximum atomic E-state index is 5.85. The first-order chi connectivity index (χ1) is 6.11. The summed E-state index contributed by atoms with van der Waals surface area (Å²) in [7, 11) is 0. The molecule has 0 fully saturated rings. The average Bonchev–Trinajstić information content (AvgIpc) is 2.15. The molecule has 0 nitrogen and oxygen atoms in total. The highest BCUT2D eigenvalue weighted by atomic mass is 35.5. The van der Waals surface area contributed by atoms with Crippen molar-refractivity contribution in [1.82, 2.24) is 0 Å². The van der Waals surface area contributed by atoms with Crippen LogP contribution in [0.5, 0.6) is 0 Å². The molecule has 0 bridgehead atoms. The van der Waals surface area contributed by atoms with Crippen LogP contribution in [0.15, 0.2) is 0 Å². The van der Waals surface area contributed by atoms with Crippen LogP contribution in [-0.4, -0.2) is 0 Å². The highest BCUT2D eigenvalue weighted by Gasteiger charge is 2.13. The van der Waals surface area contributed by atoms with Gasteiger partial charge in [0.05, 0.1) is 15.1 Å². The Morgan fingerprint density at radius 1 is 0.769 bits per heavy atom. The number of hydrogen-bond acceptors (Lipinski definition) is 0. The zero-order chi connectivity index (χ0) is 10.0. The number of hydrogen-bond donors (Lipinski definition) is 0. The normalized spacial score (nSPS) is 10.5. The molecule has 0 N–H and O–H groups in total. The predicted molar refractivity (Wildman–Crippen MR) is 59.4 cm³/mol. The summed E-state index contributed by atoms with van der Waals surface area (Å²) in [5.74, 6) is 0.471.